The Morgan fingerprint density at radius 1 is 0.651 bits per heavy atom. The van der Waals surface area contributed by atoms with Crippen LogP contribution in [0.3, 0.4) is 0 Å². The summed E-state index contributed by atoms with van der Waals surface area (Å²) >= 11 is 0. The van der Waals surface area contributed by atoms with Gasteiger partial charge in [0.05, 0.1) is 6.42 Å². The summed E-state index contributed by atoms with van der Waals surface area (Å²) in [6.07, 6.45) is 7.43. The van der Waals surface area contributed by atoms with Crippen LogP contribution in [-0.2, 0) is 39.3 Å². The van der Waals surface area contributed by atoms with E-state index in [1.54, 1.807) is 0 Å². The van der Waals surface area contributed by atoms with Gasteiger partial charge in [-0.1, -0.05) is 90.1 Å². The lowest BCUT2D eigenvalue weighted by Gasteiger charge is -2.36. The van der Waals surface area contributed by atoms with Gasteiger partial charge in [0.15, 0.2) is 16.6 Å². The molecule has 0 spiro atoms. The fourth-order valence-corrected chi connectivity index (χ4v) is 6.19. The molecule has 0 amide bonds. The second-order valence-corrected chi connectivity index (χ2v) is 24.4. The quantitative estimate of drug-likeness (QED) is 0.143. The van der Waals surface area contributed by atoms with Gasteiger partial charge in [0.2, 0.25) is 0 Å². The first kappa shape index (κ1) is 39.2. The largest absolute Gasteiger partial charge is 0.481 e. The molecular weight excluding hydrogens is 569 g/mol. The molecule has 5 nitrogen and oxygen atoms in total. The smallest absolute Gasteiger partial charge is 0.307 e. The number of carbonyl (C=O) groups is 1. The fourth-order valence-electron chi connectivity index (χ4n) is 4.02. The molecule has 0 aliphatic heterocycles. The molecule has 0 saturated heterocycles. The number of aliphatic hydroxyl groups is 1. The van der Waals surface area contributed by atoms with Crippen molar-refractivity contribution < 1.29 is 23.9 Å². The summed E-state index contributed by atoms with van der Waals surface area (Å²) in [5.41, 5.74) is 4.72. The Morgan fingerprint density at radius 3 is 1.49 bits per heavy atom. The number of unbranched alkanes of at least 4 members (excludes halogenated alkanes) is 2. The molecule has 2 aromatic carbocycles. The molecule has 2 N–H and O–H groups in total. The SMILES string of the molecule is CC(C)(C)[Si](C)(C)OCCCCc1ccc(CC(=O)O)cc1.CC(C)(C)[Si](C)(C)OCCCCc1cccc(CCO)c1. The highest BCUT2D eigenvalue weighted by Crippen LogP contribution is 2.37. The average Bonchev–Trinajstić information content (AvgIpc) is 2.88. The topological polar surface area (TPSA) is 76.0 Å². The maximum atomic E-state index is 10.6. The van der Waals surface area contributed by atoms with Crippen molar-refractivity contribution in [1.82, 2.24) is 0 Å². The lowest BCUT2D eigenvalue weighted by molar-refractivity contribution is -0.136. The zero-order valence-corrected chi connectivity index (χ0v) is 31.0. The van der Waals surface area contributed by atoms with Crippen molar-refractivity contribution in [2.75, 3.05) is 19.8 Å². The number of carboxylic acids is 1. The minimum Gasteiger partial charge on any atom is -0.481 e. The van der Waals surface area contributed by atoms with E-state index in [9.17, 15) is 4.79 Å². The van der Waals surface area contributed by atoms with Gasteiger partial charge in [0, 0.05) is 19.8 Å². The number of aliphatic hydroxyl groups excluding tert-OH is 1. The first-order valence-corrected chi connectivity index (χ1v) is 22.0. The van der Waals surface area contributed by atoms with Crippen molar-refractivity contribution in [1.29, 1.82) is 0 Å². The number of aryl methyl sites for hydroxylation is 2. The molecule has 0 atom stereocenters. The Morgan fingerprint density at radius 2 is 1.07 bits per heavy atom. The molecule has 0 unspecified atom stereocenters. The van der Waals surface area contributed by atoms with Gasteiger partial charge in [-0.15, -0.1) is 0 Å². The molecule has 2 aromatic rings. The monoisotopic (exact) mass is 630 g/mol. The third-order valence-electron chi connectivity index (χ3n) is 9.03. The molecule has 0 bridgehead atoms. The molecular formula is C36H62O5Si2. The molecule has 43 heavy (non-hydrogen) atoms. The van der Waals surface area contributed by atoms with E-state index in [2.05, 4.69) is 92.0 Å². The van der Waals surface area contributed by atoms with Gasteiger partial charge in [0.25, 0.3) is 0 Å². The summed E-state index contributed by atoms with van der Waals surface area (Å²) in [5.74, 6) is -0.782. The van der Waals surface area contributed by atoms with Crippen molar-refractivity contribution in [2.45, 2.75) is 129 Å². The van der Waals surface area contributed by atoms with Gasteiger partial charge in [-0.25, -0.2) is 0 Å². The zero-order valence-electron chi connectivity index (χ0n) is 29.0. The molecule has 0 fully saturated rings. The van der Waals surface area contributed by atoms with Crippen molar-refractivity contribution in [3.63, 3.8) is 0 Å². The summed E-state index contributed by atoms with van der Waals surface area (Å²) in [4.78, 5) is 10.6. The van der Waals surface area contributed by atoms with Crippen molar-refractivity contribution >= 4 is 22.6 Å². The summed E-state index contributed by atoms with van der Waals surface area (Å²) < 4.78 is 12.4. The predicted molar refractivity (Wildman–Crippen MR) is 187 cm³/mol. The van der Waals surface area contributed by atoms with Gasteiger partial charge < -0.3 is 19.1 Å². The number of benzene rings is 2. The standard InChI is InChI=1S/C18H30O3Si.C18H32O2Si/c1-18(2,3)22(4,5)21-13-7-6-8-15-9-11-16(12-10-15)14-17(19)20;1-18(2,3)21(4,5)20-14-7-6-9-16-10-8-11-17(15-16)12-13-19/h9-12H,6-8,13-14H2,1-5H3,(H,19,20);8,10-11,15,19H,6-7,9,12-14H2,1-5H3. The molecule has 0 aliphatic carbocycles. The highest BCUT2D eigenvalue weighted by Gasteiger charge is 2.37. The van der Waals surface area contributed by atoms with Crippen LogP contribution in [0.5, 0.6) is 0 Å². The minimum atomic E-state index is -1.61. The van der Waals surface area contributed by atoms with Gasteiger partial charge >= 0.3 is 5.97 Å². The average molecular weight is 631 g/mol. The third-order valence-corrected chi connectivity index (χ3v) is 18.1. The number of rotatable bonds is 16. The first-order valence-electron chi connectivity index (χ1n) is 16.1. The molecule has 0 aromatic heterocycles. The Kier molecular flexibility index (Phi) is 16.7. The maximum Gasteiger partial charge on any atom is 0.307 e. The maximum absolute atomic E-state index is 10.6. The molecule has 0 radical (unpaired) electrons. The molecule has 7 heteroatoms. The van der Waals surface area contributed by atoms with E-state index in [1.807, 2.05) is 24.3 Å². The normalized spacial score (nSPS) is 12.5. The Hall–Kier alpha value is -1.78. The number of aliphatic carboxylic acids is 1. The summed E-state index contributed by atoms with van der Waals surface area (Å²) in [7, 11) is -3.19. The molecule has 0 heterocycles. The van der Waals surface area contributed by atoms with Crippen molar-refractivity contribution in [2.24, 2.45) is 0 Å². The van der Waals surface area contributed by atoms with E-state index in [0.29, 0.717) is 5.04 Å². The third kappa shape index (κ3) is 15.7. The Labute approximate surface area is 265 Å². The van der Waals surface area contributed by atoms with Gasteiger partial charge in [-0.05, 0) is 103 Å². The van der Waals surface area contributed by atoms with Crippen LogP contribution in [0.25, 0.3) is 0 Å². The summed E-state index contributed by atoms with van der Waals surface area (Å²) in [6.45, 7) is 24.8. The van der Waals surface area contributed by atoms with E-state index in [0.717, 1.165) is 63.7 Å². The second-order valence-electron chi connectivity index (χ2n) is 14.8. The van der Waals surface area contributed by atoms with E-state index < -0.39 is 22.6 Å². The van der Waals surface area contributed by atoms with Crippen LogP contribution >= 0.6 is 0 Å². The van der Waals surface area contributed by atoms with Crippen LogP contribution < -0.4 is 0 Å². The lowest BCUT2D eigenvalue weighted by atomic mass is 10.0. The lowest BCUT2D eigenvalue weighted by Crippen LogP contribution is -2.40. The van der Waals surface area contributed by atoms with Gasteiger partial charge in [-0.2, -0.15) is 0 Å². The van der Waals surface area contributed by atoms with Gasteiger partial charge in [-0.3, -0.25) is 4.79 Å². The number of carboxylic acid groups (broad SMARTS) is 1. The van der Waals surface area contributed by atoms with Crippen LogP contribution in [-0.4, -0.2) is 52.6 Å². The first-order chi connectivity index (χ1) is 19.9. The van der Waals surface area contributed by atoms with E-state index >= 15 is 0 Å². The van der Waals surface area contributed by atoms with E-state index in [4.69, 9.17) is 19.1 Å². The van der Waals surface area contributed by atoms with Gasteiger partial charge in [0.1, 0.15) is 0 Å². The highest BCUT2D eigenvalue weighted by molar-refractivity contribution is 6.74. The summed E-state index contributed by atoms with van der Waals surface area (Å²) in [6, 6.07) is 16.5. The van der Waals surface area contributed by atoms with Crippen LogP contribution in [0.4, 0.5) is 0 Å². The van der Waals surface area contributed by atoms with Crippen LogP contribution in [0, 0.1) is 0 Å². The number of hydrogen-bond acceptors (Lipinski definition) is 4. The van der Waals surface area contributed by atoms with Crippen molar-refractivity contribution in [3.05, 3.63) is 70.8 Å². The van der Waals surface area contributed by atoms with E-state index in [1.165, 1.54) is 16.7 Å². The molecule has 244 valence electrons. The Bertz CT molecular complexity index is 1070. The second kappa shape index (κ2) is 18.3. The molecule has 0 saturated carbocycles. The zero-order chi connectivity index (χ0) is 32.7. The van der Waals surface area contributed by atoms with E-state index in [-0.39, 0.29) is 18.1 Å². The number of hydrogen-bond donors (Lipinski definition) is 2. The molecule has 0 aliphatic rings. The molecule has 2 rings (SSSR count). The highest BCUT2D eigenvalue weighted by atomic mass is 28.4. The van der Waals surface area contributed by atoms with Crippen LogP contribution in [0.15, 0.2) is 48.5 Å². The summed E-state index contributed by atoms with van der Waals surface area (Å²) in [5, 5.41) is 18.3. The van der Waals surface area contributed by atoms with Crippen LogP contribution in [0.1, 0.15) is 89.5 Å². The predicted octanol–water partition coefficient (Wildman–Crippen LogP) is 9.22. The van der Waals surface area contributed by atoms with Crippen molar-refractivity contribution in [3.8, 4) is 0 Å². The van der Waals surface area contributed by atoms with Crippen LogP contribution in [0.2, 0.25) is 36.3 Å². The Balaban J connectivity index is 0.000000430. The fraction of sp³-hybridized carbons (Fsp3) is 0.639. The minimum absolute atomic E-state index is 0.0979.